The Morgan fingerprint density at radius 3 is 2.43 bits per heavy atom. The Morgan fingerprint density at radius 2 is 1.76 bits per heavy atom. The maximum absolute atomic E-state index is 14.2. The highest BCUT2D eigenvalue weighted by atomic mass is 19.1. The molecular formula is C34H43FN4O3. The van der Waals surface area contributed by atoms with E-state index in [2.05, 4.69) is 21.2 Å². The molecule has 3 atom stereocenters. The molecular weight excluding hydrogens is 531 g/mol. The second kappa shape index (κ2) is 14.3. The minimum Gasteiger partial charge on any atom is -0.480 e. The van der Waals surface area contributed by atoms with Gasteiger partial charge in [-0.3, -0.25) is 14.5 Å². The van der Waals surface area contributed by atoms with Gasteiger partial charge in [0.25, 0.3) is 0 Å². The zero-order valence-electron chi connectivity index (χ0n) is 24.4. The Hall–Kier alpha value is -3.28. The van der Waals surface area contributed by atoms with Crippen LogP contribution in [0.15, 0.2) is 48.5 Å². The summed E-state index contributed by atoms with van der Waals surface area (Å²) in [4.78, 5) is 29.8. The summed E-state index contributed by atoms with van der Waals surface area (Å²) in [6, 6.07) is 15.7. The van der Waals surface area contributed by atoms with E-state index in [-0.39, 0.29) is 29.5 Å². The van der Waals surface area contributed by atoms with Crippen LogP contribution < -0.4 is 5.32 Å². The quantitative estimate of drug-likeness (QED) is 0.407. The van der Waals surface area contributed by atoms with Gasteiger partial charge in [0.1, 0.15) is 11.9 Å². The molecule has 2 aromatic carbocycles. The molecule has 8 heteroatoms. The molecule has 1 aliphatic carbocycles. The molecule has 0 unspecified atom stereocenters. The number of nitrogens with zero attached hydrogens (tertiary/aromatic N) is 3. The van der Waals surface area contributed by atoms with Crippen molar-refractivity contribution >= 4 is 11.9 Å². The molecule has 224 valence electrons. The molecule has 2 N–H and O–H groups in total. The molecule has 2 saturated heterocycles. The average Bonchev–Trinajstić information content (AvgIpc) is 3.40. The summed E-state index contributed by atoms with van der Waals surface area (Å²) in [5, 5.41) is 22.2. The van der Waals surface area contributed by atoms with Crippen molar-refractivity contribution in [1.29, 1.82) is 5.26 Å². The molecule has 3 aliphatic rings. The van der Waals surface area contributed by atoms with E-state index in [9.17, 15) is 19.1 Å². The molecule has 42 heavy (non-hydrogen) atoms. The number of carbonyl (C=O) groups excluding carboxylic acids is 1. The van der Waals surface area contributed by atoms with Crippen molar-refractivity contribution in [3.8, 4) is 6.07 Å². The summed E-state index contributed by atoms with van der Waals surface area (Å²) in [6.45, 7) is 4.49. The van der Waals surface area contributed by atoms with Crippen molar-refractivity contribution in [2.75, 3.05) is 32.7 Å². The Labute approximate surface area is 248 Å². The fourth-order valence-electron chi connectivity index (χ4n) is 7.47. The number of hydrogen-bond donors (Lipinski definition) is 2. The maximum Gasteiger partial charge on any atom is 0.321 e. The van der Waals surface area contributed by atoms with Crippen LogP contribution in [0.5, 0.6) is 0 Å². The summed E-state index contributed by atoms with van der Waals surface area (Å²) in [7, 11) is 0. The van der Waals surface area contributed by atoms with Crippen LogP contribution in [-0.4, -0.2) is 65.5 Å². The van der Waals surface area contributed by atoms with Gasteiger partial charge in [-0.25, -0.2) is 4.39 Å². The highest BCUT2D eigenvalue weighted by molar-refractivity contribution is 5.76. The number of aliphatic carboxylic acids is 1. The SMILES string of the molecule is N#Cc1ccc(CNC(=O)CC2CCN(C[C@H]3CN([C@@H](C(=O)O)C4CCCCC4)C[C@@H]3c3cccc(F)c3)CC2)cc1. The fraction of sp³-hybridized carbons (Fsp3) is 0.559. The number of rotatable bonds is 10. The first-order valence-corrected chi connectivity index (χ1v) is 15.6. The first-order chi connectivity index (χ1) is 20.4. The molecule has 0 aromatic heterocycles. The number of carboxylic acid groups (broad SMARTS) is 1. The van der Waals surface area contributed by atoms with E-state index >= 15 is 0 Å². The summed E-state index contributed by atoms with van der Waals surface area (Å²) in [6.07, 6.45) is 7.73. The van der Waals surface area contributed by atoms with E-state index in [1.807, 2.05) is 18.2 Å². The number of nitriles is 1. The van der Waals surface area contributed by atoms with Crippen molar-refractivity contribution in [3.05, 3.63) is 71.0 Å². The highest BCUT2D eigenvalue weighted by Gasteiger charge is 2.43. The van der Waals surface area contributed by atoms with Crippen LogP contribution in [-0.2, 0) is 16.1 Å². The van der Waals surface area contributed by atoms with Crippen LogP contribution >= 0.6 is 0 Å². The number of benzene rings is 2. The molecule has 1 amide bonds. The molecule has 2 aliphatic heterocycles. The van der Waals surface area contributed by atoms with Crippen molar-refractivity contribution < 1.29 is 19.1 Å². The Balaban J connectivity index is 1.16. The number of halogens is 1. The van der Waals surface area contributed by atoms with Crippen LogP contribution in [0.25, 0.3) is 0 Å². The van der Waals surface area contributed by atoms with Gasteiger partial charge in [-0.15, -0.1) is 0 Å². The van der Waals surface area contributed by atoms with E-state index < -0.39 is 12.0 Å². The number of nitrogens with one attached hydrogen (secondary N) is 1. The smallest absolute Gasteiger partial charge is 0.321 e. The maximum atomic E-state index is 14.2. The van der Waals surface area contributed by atoms with Crippen molar-refractivity contribution in [2.24, 2.45) is 17.8 Å². The van der Waals surface area contributed by atoms with Gasteiger partial charge in [-0.05, 0) is 91.9 Å². The predicted molar refractivity (Wildman–Crippen MR) is 159 cm³/mol. The van der Waals surface area contributed by atoms with Gasteiger partial charge in [-0.1, -0.05) is 43.5 Å². The summed E-state index contributed by atoms with van der Waals surface area (Å²) >= 11 is 0. The first kappa shape index (κ1) is 30.2. The van der Waals surface area contributed by atoms with Gasteiger partial charge in [-0.2, -0.15) is 5.26 Å². The first-order valence-electron chi connectivity index (χ1n) is 15.6. The van der Waals surface area contributed by atoms with Gasteiger partial charge in [0.15, 0.2) is 0 Å². The van der Waals surface area contributed by atoms with Gasteiger partial charge >= 0.3 is 5.97 Å². The topological polar surface area (TPSA) is 96.7 Å². The summed E-state index contributed by atoms with van der Waals surface area (Å²) in [5.41, 5.74) is 2.55. The lowest BCUT2D eigenvalue weighted by molar-refractivity contribution is -0.145. The molecule has 2 aromatic rings. The zero-order valence-corrected chi connectivity index (χ0v) is 24.4. The fourth-order valence-corrected chi connectivity index (χ4v) is 7.47. The minimum absolute atomic E-state index is 0.0536. The lowest BCUT2D eigenvalue weighted by Crippen LogP contribution is -2.46. The Bertz CT molecular complexity index is 1250. The molecule has 2 heterocycles. The van der Waals surface area contributed by atoms with E-state index in [4.69, 9.17) is 5.26 Å². The van der Waals surface area contributed by atoms with E-state index in [0.717, 1.165) is 69.3 Å². The molecule has 0 spiro atoms. The predicted octanol–water partition coefficient (Wildman–Crippen LogP) is 5.16. The largest absolute Gasteiger partial charge is 0.480 e. The molecule has 3 fully saturated rings. The number of likely N-dealkylation sites (tertiary alicyclic amines) is 2. The van der Waals surface area contributed by atoms with Crippen LogP contribution in [0.4, 0.5) is 4.39 Å². The molecule has 5 rings (SSSR count). The number of carbonyl (C=O) groups is 2. The zero-order chi connectivity index (χ0) is 29.5. The van der Waals surface area contributed by atoms with Crippen LogP contribution in [0.3, 0.4) is 0 Å². The number of hydrogen-bond acceptors (Lipinski definition) is 5. The van der Waals surface area contributed by atoms with Crippen molar-refractivity contribution in [2.45, 2.75) is 69.9 Å². The molecule has 1 saturated carbocycles. The van der Waals surface area contributed by atoms with E-state index in [0.29, 0.717) is 37.5 Å². The lowest BCUT2D eigenvalue weighted by atomic mass is 9.83. The molecule has 7 nitrogen and oxygen atoms in total. The average molecular weight is 575 g/mol. The van der Waals surface area contributed by atoms with Crippen LogP contribution in [0.2, 0.25) is 0 Å². The Kier molecular flexibility index (Phi) is 10.2. The molecule has 0 radical (unpaired) electrons. The number of piperidine rings is 1. The highest BCUT2D eigenvalue weighted by Crippen LogP contribution is 2.39. The minimum atomic E-state index is -0.723. The molecule has 0 bridgehead atoms. The number of carboxylic acids is 1. The van der Waals surface area contributed by atoms with Crippen LogP contribution in [0.1, 0.15) is 74.0 Å². The summed E-state index contributed by atoms with van der Waals surface area (Å²) in [5.74, 6) is -0.0750. The lowest BCUT2D eigenvalue weighted by Gasteiger charge is -2.35. The third-order valence-corrected chi connectivity index (χ3v) is 9.74. The summed E-state index contributed by atoms with van der Waals surface area (Å²) < 4.78 is 14.2. The van der Waals surface area contributed by atoms with Crippen molar-refractivity contribution in [3.63, 3.8) is 0 Å². The van der Waals surface area contributed by atoms with Crippen LogP contribution in [0, 0.1) is 34.9 Å². The van der Waals surface area contributed by atoms with Gasteiger partial charge < -0.3 is 15.3 Å². The third-order valence-electron chi connectivity index (χ3n) is 9.74. The second-order valence-corrected chi connectivity index (χ2v) is 12.6. The monoisotopic (exact) mass is 574 g/mol. The van der Waals surface area contributed by atoms with E-state index in [1.165, 1.54) is 12.5 Å². The van der Waals surface area contributed by atoms with Crippen molar-refractivity contribution in [1.82, 2.24) is 15.1 Å². The normalized spacial score (nSPS) is 23.3. The number of amides is 1. The Morgan fingerprint density at radius 1 is 1.02 bits per heavy atom. The van der Waals surface area contributed by atoms with Gasteiger partial charge in [0.05, 0.1) is 11.6 Å². The standard InChI is InChI=1S/C34H43FN4O3/c35-30-8-4-7-28(18-30)31-23-39(33(34(41)42)27-5-2-1-3-6-27)22-29(31)21-38-15-13-24(14-16-38)17-32(40)37-20-26-11-9-25(19-36)10-12-26/h4,7-12,18,24,27,29,31,33H,1-3,5-6,13-17,20-23H2,(H,37,40)(H,41,42)/t29-,31+,33+/m0/s1. The van der Waals surface area contributed by atoms with Gasteiger partial charge in [0.2, 0.25) is 5.91 Å². The van der Waals surface area contributed by atoms with Gasteiger partial charge in [0, 0.05) is 38.5 Å². The third kappa shape index (κ3) is 7.76. The van der Waals surface area contributed by atoms with E-state index in [1.54, 1.807) is 24.3 Å². The second-order valence-electron chi connectivity index (χ2n) is 12.6.